The van der Waals surface area contributed by atoms with Crippen molar-refractivity contribution in [3.63, 3.8) is 0 Å². The minimum Gasteiger partial charge on any atom is -0.489 e. The maximum atomic E-state index is 12.7. The Balaban J connectivity index is 1.91. The molecule has 4 nitrogen and oxygen atoms in total. The first-order valence-electron chi connectivity index (χ1n) is 9.52. The Kier molecular flexibility index (Phi) is 8.98. The second kappa shape index (κ2) is 11.2. The van der Waals surface area contributed by atoms with Gasteiger partial charge in [-0.15, -0.1) is 11.3 Å². The second-order valence-electron chi connectivity index (χ2n) is 7.21. The van der Waals surface area contributed by atoms with Crippen molar-refractivity contribution in [2.75, 3.05) is 26.8 Å². The molecule has 1 N–H and O–H groups in total. The lowest BCUT2D eigenvalue weighted by Crippen LogP contribution is -2.35. The highest BCUT2D eigenvalue weighted by atomic mass is 32.1. The molecular weight excluding hydrogens is 358 g/mol. The van der Waals surface area contributed by atoms with Gasteiger partial charge in [-0.25, -0.2) is 0 Å². The Morgan fingerprint density at radius 3 is 2.59 bits per heavy atom. The minimum atomic E-state index is -0.0460. The van der Waals surface area contributed by atoms with E-state index in [1.54, 1.807) is 7.11 Å². The molecule has 0 bridgehead atoms. The summed E-state index contributed by atoms with van der Waals surface area (Å²) in [4.78, 5) is 13.4. The van der Waals surface area contributed by atoms with Crippen LogP contribution in [0.2, 0.25) is 0 Å². The van der Waals surface area contributed by atoms with E-state index in [1.165, 1.54) is 16.9 Å². The molecule has 0 saturated carbocycles. The molecule has 0 radical (unpaired) electrons. The molecule has 0 aliphatic heterocycles. The van der Waals surface area contributed by atoms with Crippen molar-refractivity contribution in [3.8, 4) is 5.75 Å². The molecule has 5 heteroatoms. The average molecular weight is 390 g/mol. The summed E-state index contributed by atoms with van der Waals surface area (Å²) in [5, 5.41) is 5.38. The lowest BCUT2D eigenvalue weighted by atomic mass is 10.1. The fourth-order valence-electron chi connectivity index (χ4n) is 2.74. The number of carbonyl (C=O) groups excluding carboxylic acids is 1. The van der Waals surface area contributed by atoms with Gasteiger partial charge < -0.3 is 14.8 Å². The number of carbonyl (C=O) groups is 1. The molecule has 1 aromatic heterocycles. The summed E-state index contributed by atoms with van der Waals surface area (Å²) in [5.41, 5.74) is 2.19. The molecule has 2 aromatic rings. The van der Waals surface area contributed by atoms with Gasteiger partial charge in [0.1, 0.15) is 23.3 Å². The first-order valence-corrected chi connectivity index (χ1v) is 10.4. The van der Waals surface area contributed by atoms with Crippen molar-refractivity contribution in [1.29, 1.82) is 0 Å². The number of rotatable bonds is 12. The van der Waals surface area contributed by atoms with Gasteiger partial charge in [0.2, 0.25) is 0 Å². The van der Waals surface area contributed by atoms with Crippen LogP contribution in [0.3, 0.4) is 0 Å². The zero-order valence-corrected chi connectivity index (χ0v) is 17.6. The number of nitrogens with one attached hydrogen (secondary N) is 1. The van der Waals surface area contributed by atoms with Gasteiger partial charge in [0.25, 0.3) is 0 Å². The van der Waals surface area contributed by atoms with Crippen LogP contribution >= 0.6 is 11.3 Å². The van der Waals surface area contributed by atoms with Crippen LogP contribution in [0, 0.1) is 12.8 Å². The Morgan fingerprint density at radius 1 is 1.19 bits per heavy atom. The summed E-state index contributed by atoms with van der Waals surface area (Å²) in [5.74, 6) is 1.44. The van der Waals surface area contributed by atoms with Crippen molar-refractivity contribution in [1.82, 2.24) is 5.32 Å². The lowest BCUT2D eigenvalue weighted by molar-refractivity contribution is 0.0571. The molecule has 1 aromatic carbocycles. The summed E-state index contributed by atoms with van der Waals surface area (Å²) in [6.07, 6.45) is 1.19. The third-order valence-electron chi connectivity index (χ3n) is 4.33. The van der Waals surface area contributed by atoms with Gasteiger partial charge in [-0.2, -0.15) is 0 Å². The van der Waals surface area contributed by atoms with Gasteiger partial charge in [-0.1, -0.05) is 44.2 Å². The first-order chi connectivity index (χ1) is 13.0. The predicted molar refractivity (Wildman–Crippen MR) is 112 cm³/mol. The zero-order chi connectivity index (χ0) is 19.6. The average Bonchev–Trinajstić information content (AvgIpc) is 3.03. The minimum absolute atomic E-state index is 0.0460. The molecule has 0 saturated heterocycles. The van der Waals surface area contributed by atoms with E-state index in [0.29, 0.717) is 29.6 Å². The third-order valence-corrected chi connectivity index (χ3v) is 5.45. The number of ether oxygens (including phenoxy) is 2. The van der Waals surface area contributed by atoms with Crippen LogP contribution in [-0.2, 0) is 11.2 Å². The van der Waals surface area contributed by atoms with Gasteiger partial charge in [-0.05, 0) is 36.8 Å². The van der Waals surface area contributed by atoms with Crippen molar-refractivity contribution < 1.29 is 14.3 Å². The third kappa shape index (κ3) is 7.09. The molecule has 2 rings (SSSR count). The number of methoxy groups -OCH3 is 1. The molecule has 0 spiro atoms. The second-order valence-corrected chi connectivity index (χ2v) is 8.09. The summed E-state index contributed by atoms with van der Waals surface area (Å²) < 4.78 is 11.5. The summed E-state index contributed by atoms with van der Waals surface area (Å²) in [6.45, 7) is 8.44. The van der Waals surface area contributed by atoms with E-state index in [1.807, 2.05) is 30.5 Å². The summed E-state index contributed by atoms with van der Waals surface area (Å²) in [6, 6.07) is 10.1. The van der Waals surface area contributed by atoms with E-state index < -0.39 is 0 Å². The van der Waals surface area contributed by atoms with Crippen LogP contribution in [0.1, 0.15) is 41.1 Å². The standard InChI is InChI=1S/C22H31NO3S/c1-16(2)12-23-13-19(25-4)14-26-21-17(3)15-27-22(21)20(24)11-10-18-8-6-5-7-9-18/h5-9,15-16,19,23H,10-14H2,1-4H3. The molecule has 1 unspecified atom stereocenters. The predicted octanol–water partition coefficient (Wildman–Crippen LogP) is 4.51. The molecule has 0 amide bonds. The number of aryl methyl sites for hydroxylation is 2. The van der Waals surface area contributed by atoms with Crippen molar-refractivity contribution in [3.05, 3.63) is 51.7 Å². The molecule has 0 fully saturated rings. The van der Waals surface area contributed by atoms with Gasteiger partial charge in [0.15, 0.2) is 5.78 Å². The van der Waals surface area contributed by atoms with Crippen molar-refractivity contribution >= 4 is 17.1 Å². The Morgan fingerprint density at radius 2 is 1.93 bits per heavy atom. The van der Waals surface area contributed by atoms with Crippen LogP contribution in [0.25, 0.3) is 0 Å². The van der Waals surface area contributed by atoms with Crippen molar-refractivity contribution in [2.45, 2.75) is 39.7 Å². The van der Waals surface area contributed by atoms with Crippen LogP contribution in [0.15, 0.2) is 35.7 Å². The molecule has 1 atom stereocenters. The quantitative estimate of drug-likeness (QED) is 0.543. The van der Waals surface area contributed by atoms with Gasteiger partial charge in [-0.3, -0.25) is 4.79 Å². The fourth-order valence-corrected chi connectivity index (χ4v) is 3.70. The molecular formula is C22H31NO3S. The van der Waals surface area contributed by atoms with E-state index in [4.69, 9.17) is 9.47 Å². The van der Waals surface area contributed by atoms with Gasteiger partial charge >= 0.3 is 0 Å². The van der Waals surface area contributed by atoms with Gasteiger partial charge in [0, 0.05) is 25.6 Å². The zero-order valence-electron chi connectivity index (χ0n) is 16.8. The van der Waals surface area contributed by atoms with E-state index in [9.17, 15) is 4.79 Å². The topological polar surface area (TPSA) is 47.6 Å². The molecule has 0 aliphatic rings. The summed E-state index contributed by atoms with van der Waals surface area (Å²) in [7, 11) is 1.69. The number of hydrogen-bond donors (Lipinski definition) is 1. The number of benzene rings is 1. The Bertz CT molecular complexity index is 697. The van der Waals surface area contributed by atoms with Crippen LogP contribution in [-0.4, -0.2) is 38.7 Å². The number of hydrogen-bond acceptors (Lipinski definition) is 5. The summed E-state index contributed by atoms with van der Waals surface area (Å²) >= 11 is 1.47. The Labute approximate surface area is 166 Å². The number of ketones is 1. The highest BCUT2D eigenvalue weighted by Gasteiger charge is 2.19. The maximum absolute atomic E-state index is 12.7. The lowest BCUT2D eigenvalue weighted by Gasteiger charge is -2.18. The normalized spacial score (nSPS) is 12.3. The monoisotopic (exact) mass is 389 g/mol. The molecule has 0 aliphatic carbocycles. The largest absolute Gasteiger partial charge is 0.489 e. The van der Waals surface area contributed by atoms with Crippen LogP contribution in [0.5, 0.6) is 5.75 Å². The highest BCUT2D eigenvalue weighted by Crippen LogP contribution is 2.31. The fraction of sp³-hybridized carbons (Fsp3) is 0.500. The maximum Gasteiger partial charge on any atom is 0.176 e. The first kappa shape index (κ1) is 21.6. The SMILES string of the molecule is COC(CNCC(C)C)COc1c(C)csc1C(=O)CCc1ccccc1. The molecule has 148 valence electrons. The van der Waals surface area contributed by atoms with E-state index in [0.717, 1.165) is 25.1 Å². The smallest absolute Gasteiger partial charge is 0.176 e. The van der Waals surface area contributed by atoms with E-state index in [2.05, 4.69) is 31.3 Å². The van der Waals surface area contributed by atoms with Crippen LogP contribution in [0.4, 0.5) is 0 Å². The van der Waals surface area contributed by atoms with E-state index in [-0.39, 0.29) is 11.9 Å². The van der Waals surface area contributed by atoms with Gasteiger partial charge in [0.05, 0.1) is 0 Å². The van der Waals surface area contributed by atoms with E-state index >= 15 is 0 Å². The Hall–Kier alpha value is -1.69. The highest BCUT2D eigenvalue weighted by molar-refractivity contribution is 7.12. The van der Waals surface area contributed by atoms with Crippen molar-refractivity contribution in [2.24, 2.45) is 5.92 Å². The molecule has 1 heterocycles. The number of thiophene rings is 1. The van der Waals surface area contributed by atoms with Crippen LogP contribution < -0.4 is 10.1 Å². The molecule has 27 heavy (non-hydrogen) atoms. The number of Topliss-reactive ketones (excluding diaryl/α,β-unsaturated/α-hetero) is 1.